The Balaban J connectivity index is 2.36. The van der Waals surface area contributed by atoms with E-state index >= 15 is 0 Å². The van der Waals surface area contributed by atoms with Crippen LogP contribution in [-0.4, -0.2) is 41.5 Å². The zero-order valence-electron chi connectivity index (χ0n) is 13.7. The molecule has 0 aliphatic heterocycles. The molecule has 1 heterocycles. The van der Waals surface area contributed by atoms with Gasteiger partial charge in [-0.3, -0.25) is 9.48 Å². The van der Waals surface area contributed by atoms with Crippen LogP contribution < -0.4 is 5.32 Å². The van der Waals surface area contributed by atoms with E-state index in [0.29, 0.717) is 23.4 Å². The van der Waals surface area contributed by atoms with Crippen LogP contribution in [0.1, 0.15) is 24.2 Å². The minimum atomic E-state index is -3.63. The van der Waals surface area contributed by atoms with Crippen LogP contribution in [0.25, 0.3) is 0 Å². The third-order valence-corrected chi connectivity index (χ3v) is 6.22. The van der Waals surface area contributed by atoms with Gasteiger partial charge in [0.05, 0.1) is 10.5 Å². The molecule has 1 N–H and O–H groups in total. The third kappa shape index (κ3) is 3.85. The Bertz CT molecular complexity index is 844. The minimum absolute atomic E-state index is 0.0839. The number of hydrogen-bond acceptors (Lipinski definition) is 4. The van der Waals surface area contributed by atoms with Gasteiger partial charge < -0.3 is 5.32 Å². The molecule has 0 atom stereocenters. The van der Waals surface area contributed by atoms with E-state index in [4.69, 9.17) is 0 Å². The largest absolute Gasteiger partial charge is 0.305 e. The van der Waals surface area contributed by atoms with Crippen LogP contribution in [0.5, 0.6) is 0 Å². The van der Waals surface area contributed by atoms with Crippen LogP contribution in [0, 0.1) is 0 Å². The van der Waals surface area contributed by atoms with Gasteiger partial charge in [-0.25, -0.2) is 8.42 Å². The number of aromatic nitrogens is 2. The van der Waals surface area contributed by atoms with E-state index in [-0.39, 0.29) is 10.5 Å². The molecule has 7 nitrogen and oxygen atoms in total. The van der Waals surface area contributed by atoms with E-state index in [1.54, 1.807) is 43.9 Å². The number of benzene rings is 1. The van der Waals surface area contributed by atoms with Crippen molar-refractivity contribution in [2.24, 2.45) is 7.05 Å². The molecule has 130 valence electrons. The van der Waals surface area contributed by atoms with Crippen LogP contribution >= 0.6 is 15.9 Å². The fourth-order valence-corrected chi connectivity index (χ4v) is 4.13. The highest BCUT2D eigenvalue weighted by molar-refractivity contribution is 9.10. The average Bonchev–Trinajstić information content (AvgIpc) is 2.93. The first kappa shape index (κ1) is 18.6. The van der Waals surface area contributed by atoms with Crippen LogP contribution in [-0.2, 0) is 17.1 Å². The second-order valence-electron chi connectivity index (χ2n) is 5.06. The fraction of sp³-hybridized carbons (Fsp3) is 0.333. The summed E-state index contributed by atoms with van der Waals surface area (Å²) >= 11 is 3.29. The van der Waals surface area contributed by atoms with Crippen molar-refractivity contribution < 1.29 is 13.2 Å². The second-order valence-corrected chi connectivity index (χ2v) is 7.85. The summed E-state index contributed by atoms with van der Waals surface area (Å²) in [5.41, 5.74) is 0.230. The van der Waals surface area contributed by atoms with E-state index in [0.717, 1.165) is 0 Å². The van der Waals surface area contributed by atoms with Crippen molar-refractivity contribution in [2.75, 3.05) is 18.4 Å². The molecule has 2 rings (SSSR count). The van der Waals surface area contributed by atoms with E-state index < -0.39 is 15.9 Å². The number of hydrogen-bond donors (Lipinski definition) is 1. The van der Waals surface area contributed by atoms with Crippen molar-refractivity contribution in [1.82, 2.24) is 14.1 Å². The molecule has 0 spiro atoms. The molecule has 9 heteroatoms. The maximum Gasteiger partial charge on any atom is 0.258 e. The summed E-state index contributed by atoms with van der Waals surface area (Å²) in [4.78, 5) is 12.5. The van der Waals surface area contributed by atoms with Gasteiger partial charge in [-0.1, -0.05) is 13.8 Å². The number of rotatable bonds is 6. The Labute approximate surface area is 149 Å². The fourth-order valence-electron chi connectivity index (χ4n) is 2.22. The van der Waals surface area contributed by atoms with Gasteiger partial charge in [-0.05, 0) is 34.1 Å². The quantitative estimate of drug-likeness (QED) is 0.786. The molecule has 0 unspecified atom stereocenters. The Morgan fingerprint density at radius 1 is 1.29 bits per heavy atom. The van der Waals surface area contributed by atoms with Gasteiger partial charge in [0.25, 0.3) is 5.91 Å². The second kappa shape index (κ2) is 7.45. The first-order chi connectivity index (χ1) is 11.3. The number of amides is 1. The smallest absolute Gasteiger partial charge is 0.258 e. The lowest BCUT2D eigenvalue weighted by Crippen LogP contribution is -2.30. The normalized spacial score (nSPS) is 11.7. The minimum Gasteiger partial charge on any atom is -0.305 e. The molecule has 0 saturated carbocycles. The molecule has 0 radical (unpaired) electrons. The number of nitrogens with one attached hydrogen (secondary N) is 1. The molecule has 1 amide bonds. The molecule has 24 heavy (non-hydrogen) atoms. The van der Waals surface area contributed by atoms with Gasteiger partial charge in [0.15, 0.2) is 5.82 Å². The van der Waals surface area contributed by atoms with Gasteiger partial charge in [0, 0.05) is 36.9 Å². The number of sulfonamides is 1. The number of carbonyl (C=O) groups excluding carboxylic acids is 1. The Kier molecular flexibility index (Phi) is 5.79. The van der Waals surface area contributed by atoms with Gasteiger partial charge in [-0.15, -0.1) is 0 Å². The standard InChI is InChI=1S/C15H19BrN4O3S/c1-4-20(5-2)24(22,23)11-6-7-13(16)12(10-11)15(21)17-14-8-9-19(3)18-14/h6-10H,4-5H2,1-3H3,(H,17,18,21). The number of aryl methyl sites for hydroxylation is 1. The SMILES string of the molecule is CCN(CC)S(=O)(=O)c1ccc(Br)c(C(=O)Nc2ccn(C)n2)c1. The van der Waals surface area contributed by atoms with E-state index in [1.165, 1.54) is 16.4 Å². The first-order valence-electron chi connectivity index (χ1n) is 7.40. The predicted octanol–water partition coefficient (Wildman–Crippen LogP) is 2.47. The summed E-state index contributed by atoms with van der Waals surface area (Å²) in [7, 11) is -1.89. The molecule has 0 fully saturated rings. The van der Waals surface area contributed by atoms with Crippen LogP contribution in [0.3, 0.4) is 0 Å². The summed E-state index contributed by atoms with van der Waals surface area (Å²) in [6, 6.07) is 6.07. The molecule has 0 aliphatic rings. The van der Waals surface area contributed by atoms with Crippen LogP contribution in [0.2, 0.25) is 0 Å². The lowest BCUT2D eigenvalue weighted by molar-refractivity contribution is 0.102. The van der Waals surface area contributed by atoms with Crippen molar-refractivity contribution in [1.29, 1.82) is 0 Å². The highest BCUT2D eigenvalue weighted by Crippen LogP contribution is 2.24. The van der Waals surface area contributed by atoms with Crippen molar-refractivity contribution >= 4 is 37.7 Å². The van der Waals surface area contributed by atoms with Crippen molar-refractivity contribution in [2.45, 2.75) is 18.7 Å². The molecular weight excluding hydrogens is 396 g/mol. The highest BCUT2D eigenvalue weighted by Gasteiger charge is 2.23. The highest BCUT2D eigenvalue weighted by atomic mass is 79.9. The van der Waals surface area contributed by atoms with Crippen molar-refractivity contribution in [3.8, 4) is 0 Å². The summed E-state index contributed by atoms with van der Waals surface area (Å²) < 4.78 is 28.6. The molecule has 2 aromatic rings. The Morgan fingerprint density at radius 2 is 1.96 bits per heavy atom. The molecule has 0 aliphatic carbocycles. The van der Waals surface area contributed by atoms with Crippen molar-refractivity contribution in [3.05, 3.63) is 40.5 Å². The summed E-state index contributed by atoms with van der Waals surface area (Å²) in [5.74, 6) is -0.0384. The first-order valence-corrected chi connectivity index (χ1v) is 9.63. The maximum absolute atomic E-state index is 12.6. The summed E-state index contributed by atoms with van der Waals surface area (Å²) in [5, 5.41) is 6.72. The molecule has 0 saturated heterocycles. The summed E-state index contributed by atoms with van der Waals surface area (Å²) in [6.07, 6.45) is 1.70. The van der Waals surface area contributed by atoms with Crippen molar-refractivity contribution in [3.63, 3.8) is 0 Å². The Hall–Kier alpha value is -1.71. The van der Waals surface area contributed by atoms with E-state index in [9.17, 15) is 13.2 Å². The molecule has 1 aromatic heterocycles. The Morgan fingerprint density at radius 3 is 2.50 bits per heavy atom. The predicted molar refractivity (Wildman–Crippen MR) is 95.4 cm³/mol. The lowest BCUT2D eigenvalue weighted by Gasteiger charge is -2.19. The number of nitrogens with zero attached hydrogens (tertiary/aromatic N) is 3. The topological polar surface area (TPSA) is 84.3 Å². The number of halogens is 1. The summed E-state index contributed by atoms with van der Waals surface area (Å²) in [6.45, 7) is 4.28. The van der Waals surface area contributed by atoms with E-state index in [1.807, 2.05) is 0 Å². The van der Waals surface area contributed by atoms with Crippen LogP contribution in [0.15, 0.2) is 39.8 Å². The van der Waals surface area contributed by atoms with Gasteiger partial charge in [0.2, 0.25) is 10.0 Å². The number of anilines is 1. The van der Waals surface area contributed by atoms with Gasteiger partial charge in [0.1, 0.15) is 0 Å². The maximum atomic E-state index is 12.6. The van der Waals surface area contributed by atoms with Gasteiger partial charge >= 0.3 is 0 Å². The van der Waals surface area contributed by atoms with Gasteiger partial charge in [-0.2, -0.15) is 9.40 Å². The van der Waals surface area contributed by atoms with E-state index in [2.05, 4.69) is 26.3 Å². The molecular formula is C15H19BrN4O3S. The average molecular weight is 415 g/mol. The zero-order valence-corrected chi connectivity index (χ0v) is 16.1. The number of carbonyl (C=O) groups is 1. The van der Waals surface area contributed by atoms with Crippen LogP contribution in [0.4, 0.5) is 5.82 Å². The molecule has 0 bridgehead atoms. The molecule has 1 aromatic carbocycles. The zero-order chi connectivity index (χ0) is 17.9. The third-order valence-electron chi connectivity index (χ3n) is 3.48. The lowest BCUT2D eigenvalue weighted by atomic mass is 10.2. The monoisotopic (exact) mass is 414 g/mol.